The van der Waals surface area contributed by atoms with Crippen LogP contribution >= 0.6 is 0 Å². The number of rotatable bonds is 7. The maximum atomic E-state index is 12.6. The second-order valence-electron chi connectivity index (χ2n) is 9.61. The molecule has 2 saturated carbocycles. The topological polar surface area (TPSA) is 93.9 Å². The van der Waals surface area contributed by atoms with Crippen molar-refractivity contribution in [3.63, 3.8) is 0 Å². The van der Waals surface area contributed by atoms with E-state index >= 15 is 0 Å². The van der Waals surface area contributed by atoms with E-state index in [0.29, 0.717) is 18.6 Å². The largest absolute Gasteiger partial charge is 0.489 e. The fraction of sp³-hybridized carbons (Fsp3) is 0.577. The Hall–Kier alpha value is -3.03. The molecule has 2 heterocycles. The number of ether oxygens (including phenoxy) is 2. The summed E-state index contributed by atoms with van der Waals surface area (Å²) in [6, 6.07) is 6.06. The fourth-order valence-electron chi connectivity index (χ4n) is 5.13. The van der Waals surface area contributed by atoms with E-state index < -0.39 is 5.97 Å². The van der Waals surface area contributed by atoms with Gasteiger partial charge in [0.05, 0.1) is 29.1 Å². The van der Waals surface area contributed by atoms with Crippen LogP contribution in [0.25, 0.3) is 11.3 Å². The molecule has 0 saturated heterocycles. The zero-order valence-corrected chi connectivity index (χ0v) is 20.3. The molecule has 2 fully saturated rings. The minimum atomic E-state index is -0.745. The first kappa shape index (κ1) is 24.1. The minimum absolute atomic E-state index is 0.107. The molecule has 184 valence electrons. The average Bonchev–Trinajstić information content (AvgIpc) is 3.48. The summed E-state index contributed by atoms with van der Waals surface area (Å²) < 4.78 is 13.7. The highest BCUT2D eigenvalue weighted by atomic mass is 16.6. The first-order valence-electron chi connectivity index (χ1n) is 12.2. The molecule has 2 aromatic heterocycles. The van der Waals surface area contributed by atoms with E-state index in [-0.39, 0.29) is 30.8 Å². The lowest BCUT2D eigenvalue weighted by molar-refractivity contribution is -0.143. The molecule has 8 heteroatoms. The molecular formula is C26H35N3O5. The number of carbonyl (C=O) groups excluding carboxylic acids is 1. The highest BCUT2D eigenvalue weighted by Crippen LogP contribution is 2.31. The Kier molecular flexibility index (Phi) is 7.44. The molecule has 1 N–H and O–H groups in total. The van der Waals surface area contributed by atoms with Crippen LogP contribution in [0.3, 0.4) is 0 Å². The maximum absolute atomic E-state index is 12.6. The number of aromatic nitrogens is 2. The van der Waals surface area contributed by atoms with Crippen LogP contribution in [-0.4, -0.2) is 50.8 Å². The molecular weight excluding hydrogens is 434 g/mol. The SMILES string of the molecule is Cc1nc(-c2ccn(C)c2COC(=O)N(C)C2CCCC2)ccc1O[C@H]1CCC[C@H](C(=O)O)C1. The van der Waals surface area contributed by atoms with Crippen LogP contribution in [0.4, 0.5) is 4.79 Å². The van der Waals surface area contributed by atoms with Crippen LogP contribution in [0, 0.1) is 12.8 Å². The van der Waals surface area contributed by atoms with Crippen molar-refractivity contribution in [1.82, 2.24) is 14.5 Å². The third-order valence-electron chi connectivity index (χ3n) is 7.28. The Morgan fingerprint density at radius 3 is 2.62 bits per heavy atom. The second-order valence-corrected chi connectivity index (χ2v) is 9.61. The van der Waals surface area contributed by atoms with E-state index in [4.69, 9.17) is 14.5 Å². The molecule has 0 aromatic carbocycles. The zero-order valence-electron chi connectivity index (χ0n) is 20.3. The third kappa shape index (κ3) is 5.37. The van der Waals surface area contributed by atoms with Crippen LogP contribution in [-0.2, 0) is 23.2 Å². The number of nitrogens with zero attached hydrogens (tertiary/aromatic N) is 3. The van der Waals surface area contributed by atoms with Gasteiger partial charge in [0.25, 0.3) is 0 Å². The molecule has 0 aliphatic heterocycles. The normalized spacial score (nSPS) is 20.8. The zero-order chi connectivity index (χ0) is 24.2. The van der Waals surface area contributed by atoms with Crippen molar-refractivity contribution in [2.24, 2.45) is 13.0 Å². The van der Waals surface area contributed by atoms with Crippen molar-refractivity contribution >= 4 is 12.1 Å². The monoisotopic (exact) mass is 469 g/mol. The van der Waals surface area contributed by atoms with Gasteiger partial charge >= 0.3 is 12.1 Å². The van der Waals surface area contributed by atoms with Gasteiger partial charge in [0, 0.05) is 31.9 Å². The lowest BCUT2D eigenvalue weighted by Gasteiger charge is -2.27. The van der Waals surface area contributed by atoms with Crippen molar-refractivity contribution < 1.29 is 24.2 Å². The third-order valence-corrected chi connectivity index (χ3v) is 7.28. The Morgan fingerprint density at radius 2 is 1.91 bits per heavy atom. The quantitative estimate of drug-likeness (QED) is 0.618. The lowest BCUT2D eigenvalue weighted by Crippen LogP contribution is -2.35. The molecule has 2 atom stereocenters. The van der Waals surface area contributed by atoms with Crippen molar-refractivity contribution in [2.75, 3.05) is 7.05 Å². The minimum Gasteiger partial charge on any atom is -0.489 e. The Balaban J connectivity index is 1.43. The number of hydrogen-bond acceptors (Lipinski definition) is 5. The number of carboxylic acid groups (broad SMARTS) is 1. The van der Waals surface area contributed by atoms with Gasteiger partial charge in [-0.05, 0) is 63.6 Å². The molecule has 0 bridgehead atoms. The van der Waals surface area contributed by atoms with E-state index in [9.17, 15) is 14.7 Å². The molecule has 8 nitrogen and oxygen atoms in total. The highest BCUT2D eigenvalue weighted by Gasteiger charge is 2.29. The number of pyridine rings is 1. The van der Waals surface area contributed by atoms with Crippen molar-refractivity contribution in [2.45, 2.75) is 77.0 Å². The van der Waals surface area contributed by atoms with E-state index in [1.54, 1.807) is 4.90 Å². The summed E-state index contributed by atoms with van der Waals surface area (Å²) in [6.07, 6.45) is 8.89. The fourth-order valence-corrected chi connectivity index (χ4v) is 5.13. The Bertz CT molecular complexity index is 1030. The molecule has 2 aliphatic carbocycles. The van der Waals surface area contributed by atoms with Crippen molar-refractivity contribution in [3.05, 3.63) is 35.8 Å². The van der Waals surface area contributed by atoms with Gasteiger partial charge in [-0.1, -0.05) is 12.8 Å². The van der Waals surface area contributed by atoms with Crippen LogP contribution in [0.5, 0.6) is 5.75 Å². The van der Waals surface area contributed by atoms with Gasteiger partial charge in [0.2, 0.25) is 0 Å². The Labute approximate surface area is 200 Å². The van der Waals surface area contributed by atoms with E-state index in [1.807, 2.05) is 50.0 Å². The summed E-state index contributed by atoms with van der Waals surface area (Å²) >= 11 is 0. The molecule has 2 aromatic rings. The number of amides is 1. The van der Waals surface area contributed by atoms with E-state index in [1.165, 1.54) is 0 Å². The number of aryl methyl sites for hydroxylation is 2. The van der Waals surface area contributed by atoms with Gasteiger partial charge in [-0.25, -0.2) is 9.78 Å². The van der Waals surface area contributed by atoms with Gasteiger partial charge in [-0.15, -0.1) is 0 Å². The standard InChI is InChI=1S/C26H35N3O5/c1-17-24(34-20-10-6-7-18(15-20)25(30)31)12-11-22(27-17)21-13-14-28(2)23(21)16-33-26(32)29(3)19-8-4-5-9-19/h11-14,18-20H,4-10,15-16H2,1-3H3,(H,30,31)/t18-,20-/m0/s1. The summed E-state index contributed by atoms with van der Waals surface area (Å²) in [6.45, 7) is 2.07. The van der Waals surface area contributed by atoms with Gasteiger partial charge in [-0.3, -0.25) is 4.79 Å². The van der Waals surface area contributed by atoms with E-state index in [2.05, 4.69) is 0 Å². The van der Waals surface area contributed by atoms with Crippen LogP contribution in [0.1, 0.15) is 62.8 Å². The first-order chi connectivity index (χ1) is 16.3. The predicted octanol–water partition coefficient (Wildman–Crippen LogP) is 4.93. The summed E-state index contributed by atoms with van der Waals surface area (Å²) in [5, 5.41) is 9.33. The van der Waals surface area contributed by atoms with Crippen molar-refractivity contribution in [1.29, 1.82) is 0 Å². The van der Waals surface area contributed by atoms with E-state index in [0.717, 1.165) is 61.2 Å². The number of carbonyl (C=O) groups is 2. The summed E-state index contributed by atoms with van der Waals surface area (Å²) in [5.74, 6) is -0.402. The summed E-state index contributed by atoms with van der Waals surface area (Å²) in [5.41, 5.74) is 3.33. The molecule has 0 unspecified atom stereocenters. The molecule has 1 amide bonds. The highest BCUT2D eigenvalue weighted by molar-refractivity contribution is 5.70. The average molecular weight is 470 g/mol. The van der Waals surface area contributed by atoms with Gasteiger partial charge < -0.3 is 24.0 Å². The molecule has 4 rings (SSSR count). The van der Waals surface area contributed by atoms with Crippen LogP contribution in [0.15, 0.2) is 24.4 Å². The maximum Gasteiger partial charge on any atom is 0.410 e. The molecule has 34 heavy (non-hydrogen) atoms. The number of carboxylic acids is 1. The molecule has 0 spiro atoms. The lowest BCUT2D eigenvalue weighted by atomic mass is 9.87. The number of hydrogen-bond donors (Lipinski definition) is 1. The second kappa shape index (κ2) is 10.5. The smallest absolute Gasteiger partial charge is 0.410 e. The van der Waals surface area contributed by atoms with Crippen LogP contribution in [0.2, 0.25) is 0 Å². The summed E-state index contributed by atoms with van der Waals surface area (Å²) in [4.78, 5) is 30.4. The molecule has 0 radical (unpaired) electrons. The Morgan fingerprint density at radius 1 is 1.15 bits per heavy atom. The van der Waals surface area contributed by atoms with Crippen LogP contribution < -0.4 is 4.74 Å². The van der Waals surface area contributed by atoms with Gasteiger partial charge in [-0.2, -0.15) is 0 Å². The first-order valence-corrected chi connectivity index (χ1v) is 12.2. The van der Waals surface area contributed by atoms with Crippen molar-refractivity contribution in [3.8, 4) is 17.0 Å². The van der Waals surface area contributed by atoms with Gasteiger partial charge in [0.15, 0.2) is 0 Å². The summed E-state index contributed by atoms with van der Waals surface area (Å²) in [7, 11) is 3.75. The van der Waals surface area contributed by atoms with Gasteiger partial charge in [0.1, 0.15) is 12.4 Å². The molecule has 2 aliphatic rings. The number of aliphatic carboxylic acids is 1. The predicted molar refractivity (Wildman–Crippen MR) is 128 cm³/mol.